The van der Waals surface area contributed by atoms with Crippen LogP contribution in [0.2, 0.25) is 0 Å². The molecule has 0 spiro atoms. The summed E-state index contributed by atoms with van der Waals surface area (Å²) < 4.78 is 5.08. The quantitative estimate of drug-likeness (QED) is 0.757. The molecule has 3 nitrogen and oxygen atoms in total. The third-order valence-corrected chi connectivity index (χ3v) is 3.54. The SMILES string of the molecule is OC1(CSc2ncco2)CCCC1. The lowest BCUT2D eigenvalue weighted by atomic mass is 10.1. The van der Waals surface area contributed by atoms with Crippen LogP contribution in [0.25, 0.3) is 0 Å². The molecule has 4 heteroatoms. The topological polar surface area (TPSA) is 46.3 Å². The summed E-state index contributed by atoms with van der Waals surface area (Å²) in [5, 5.41) is 10.7. The molecule has 0 saturated heterocycles. The third kappa shape index (κ3) is 2.25. The van der Waals surface area contributed by atoms with Gasteiger partial charge in [-0.1, -0.05) is 24.6 Å². The second kappa shape index (κ2) is 3.72. The monoisotopic (exact) mass is 199 g/mol. The van der Waals surface area contributed by atoms with E-state index in [0.29, 0.717) is 11.0 Å². The van der Waals surface area contributed by atoms with Crippen molar-refractivity contribution < 1.29 is 9.52 Å². The van der Waals surface area contributed by atoms with Crippen molar-refractivity contribution in [2.24, 2.45) is 0 Å². The highest BCUT2D eigenvalue weighted by Gasteiger charge is 2.31. The summed E-state index contributed by atoms with van der Waals surface area (Å²) in [4.78, 5) is 3.99. The standard InChI is InChI=1S/C9H13NO2S/c11-9(3-1-2-4-9)7-13-8-10-5-6-12-8/h5-6,11H,1-4,7H2. The van der Waals surface area contributed by atoms with Crippen LogP contribution < -0.4 is 0 Å². The number of thioether (sulfide) groups is 1. The molecular weight excluding hydrogens is 186 g/mol. The van der Waals surface area contributed by atoms with E-state index in [1.807, 2.05) is 0 Å². The lowest BCUT2D eigenvalue weighted by molar-refractivity contribution is 0.0730. The molecule has 1 fully saturated rings. The van der Waals surface area contributed by atoms with Crippen molar-refractivity contribution >= 4 is 11.8 Å². The molecule has 0 bridgehead atoms. The van der Waals surface area contributed by atoms with Crippen LogP contribution in [-0.2, 0) is 0 Å². The maximum atomic E-state index is 10.00. The molecule has 72 valence electrons. The van der Waals surface area contributed by atoms with E-state index in [0.717, 1.165) is 25.7 Å². The lowest BCUT2D eigenvalue weighted by Gasteiger charge is -2.19. The van der Waals surface area contributed by atoms with E-state index in [-0.39, 0.29) is 0 Å². The number of rotatable bonds is 3. The minimum Gasteiger partial charge on any atom is -0.440 e. The zero-order chi connectivity index (χ0) is 9.15. The normalized spacial score (nSPS) is 20.7. The average Bonchev–Trinajstić information content (AvgIpc) is 2.72. The molecule has 1 aliphatic rings. The molecule has 1 aliphatic carbocycles. The fraction of sp³-hybridized carbons (Fsp3) is 0.667. The summed E-state index contributed by atoms with van der Waals surface area (Å²) in [6.45, 7) is 0. The van der Waals surface area contributed by atoms with E-state index in [1.54, 1.807) is 12.5 Å². The van der Waals surface area contributed by atoms with Gasteiger partial charge in [-0.15, -0.1) is 0 Å². The summed E-state index contributed by atoms with van der Waals surface area (Å²) in [7, 11) is 0. The minimum atomic E-state index is -0.473. The fourth-order valence-electron chi connectivity index (χ4n) is 1.66. The second-order valence-electron chi connectivity index (χ2n) is 3.52. The van der Waals surface area contributed by atoms with E-state index in [2.05, 4.69) is 4.98 Å². The second-order valence-corrected chi connectivity index (χ2v) is 4.44. The Morgan fingerprint density at radius 2 is 2.31 bits per heavy atom. The molecule has 2 rings (SSSR count). The van der Waals surface area contributed by atoms with Gasteiger partial charge in [-0.25, -0.2) is 4.98 Å². The summed E-state index contributed by atoms with van der Waals surface area (Å²) in [6.07, 6.45) is 7.30. The van der Waals surface area contributed by atoms with Gasteiger partial charge in [0.2, 0.25) is 0 Å². The largest absolute Gasteiger partial charge is 0.440 e. The molecule has 0 aromatic carbocycles. The number of nitrogens with zero attached hydrogens (tertiary/aromatic N) is 1. The van der Waals surface area contributed by atoms with Gasteiger partial charge >= 0.3 is 0 Å². The highest BCUT2D eigenvalue weighted by molar-refractivity contribution is 7.99. The number of aromatic nitrogens is 1. The van der Waals surface area contributed by atoms with E-state index < -0.39 is 5.60 Å². The van der Waals surface area contributed by atoms with E-state index in [9.17, 15) is 5.11 Å². The molecule has 0 atom stereocenters. The molecule has 1 saturated carbocycles. The summed E-state index contributed by atoms with van der Waals surface area (Å²) in [5.41, 5.74) is -0.473. The molecule has 0 aliphatic heterocycles. The van der Waals surface area contributed by atoms with E-state index in [1.165, 1.54) is 11.8 Å². The maximum Gasteiger partial charge on any atom is 0.255 e. The van der Waals surface area contributed by atoms with Crippen molar-refractivity contribution in [1.82, 2.24) is 4.98 Å². The van der Waals surface area contributed by atoms with Gasteiger partial charge in [0, 0.05) is 5.75 Å². The Labute approximate surface area is 81.5 Å². The molecule has 1 aromatic heterocycles. The minimum absolute atomic E-state index is 0.473. The molecule has 0 amide bonds. The predicted molar refractivity (Wildman–Crippen MR) is 50.6 cm³/mol. The van der Waals surface area contributed by atoms with Crippen molar-refractivity contribution in [3.8, 4) is 0 Å². The van der Waals surface area contributed by atoms with Gasteiger partial charge in [0.15, 0.2) is 0 Å². The Balaban J connectivity index is 1.85. The van der Waals surface area contributed by atoms with Gasteiger partial charge in [-0.3, -0.25) is 0 Å². The van der Waals surface area contributed by atoms with Crippen LogP contribution in [0.4, 0.5) is 0 Å². The van der Waals surface area contributed by atoms with Crippen molar-refractivity contribution in [3.63, 3.8) is 0 Å². The Morgan fingerprint density at radius 3 is 2.92 bits per heavy atom. The van der Waals surface area contributed by atoms with Crippen LogP contribution in [0.15, 0.2) is 22.1 Å². The Bertz CT molecular complexity index is 255. The van der Waals surface area contributed by atoms with Crippen LogP contribution in [-0.4, -0.2) is 21.4 Å². The lowest BCUT2D eigenvalue weighted by Crippen LogP contribution is -2.27. The van der Waals surface area contributed by atoms with Gasteiger partial charge in [-0.05, 0) is 12.8 Å². The van der Waals surface area contributed by atoms with E-state index >= 15 is 0 Å². The van der Waals surface area contributed by atoms with Crippen molar-refractivity contribution in [2.75, 3.05) is 5.75 Å². The summed E-state index contributed by atoms with van der Waals surface area (Å²) >= 11 is 1.50. The molecule has 0 unspecified atom stereocenters. The predicted octanol–water partition coefficient (Wildman–Crippen LogP) is 2.07. The molecule has 1 N–H and O–H groups in total. The van der Waals surface area contributed by atoms with Crippen LogP contribution in [0.3, 0.4) is 0 Å². The van der Waals surface area contributed by atoms with Gasteiger partial charge in [0.25, 0.3) is 5.22 Å². The van der Waals surface area contributed by atoms with Crippen LogP contribution in [0.5, 0.6) is 0 Å². The van der Waals surface area contributed by atoms with Crippen molar-refractivity contribution in [2.45, 2.75) is 36.5 Å². The third-order valence-electron chi connectivity index (χ3n) is 2.41. The van der Waals surface area contributed by atoms with Gasteiger partial charge in [0.1, 0.15) is 6.26 Å². The molecule has 1 aromatic rings. The van der Waals surface area contributed by atoms with Crippen LogP contribution in [0, 0.1) is 0 Å². The van der Waals surface area contributed by atoms with Crippen molar-refractivity contribution in [3.05, 3.63) is 12.5 Å². The van der Waals surface area contributed by atoms with Crippen molar-refractivity contribution in [1.29, 1.82) is 0 Å². The number of hydrogen-bond donors (Lipinski definition) is 1. The first-order valence-corrected chi connectivity index (χ1v) is 5.52. The van der Waals surface area contributed by atoms with Gasteiger partial charge < -0.3 is 9.52 Å². The van der Waals surface area contributed by atoms with E-state index in [4.69, 9.17) is 4.42 Å². The first kappa shape index (κ1) is 9.09. The Morgan fingerprint density at radius 1 is 1.54 bits per heavy atom. The van der Waals surface area contributed by atoms with Crippen LogP contribution >= 0.6 is 11.8 Å². The summed E-state index contributed by atoms with van der Waals surface area (Å²) in [5.74, 6) is 0.702. The highest BCUT2D eigenvalue weighted by Crippen LogP contribution is 2.34. The average molecular weight is 199 g/mol. The Kier molecular flexibility index (Phi) is 2.60. The van der Waals surface area contributed by atoms with Gasteiger partial charge in [0.05, 0.1) is 11.8 Å². The zero-order valence-corrected chi connectivity index (χ0v) is 8.22. The Hall–Kier alpha value is -0.480. The first-order chi connectivity index (χ1) is 6.29. The fourth-order valence-corrected chi connectivity index (χ4v) is 2.59. The van der Waals surface area contributed by atoms with Gasteiger partial charge in [-0.2, -0.15) is 0 Å². The molecule has 0 radical (unpaired) electrons. The number of hydrogen-bond acceptors (Lipinski definition) is 4. The number of oxazole rings is 1. The molecular formula is C9H13NO2S. The smallest absolute Gasteiger partial charge is 0.255 e. The molecule has 1 heterocycles. The van der Waals surface area contributed by atoms with Crippen LogP contribution in [0.1, 0.15) is 25.7 Å². The zero-order valence-electron chi connectivity index (χ0n) is 7.40. The summed E-state index contributed by atoms with van der Waals surface area (Å²) in [6, 6.07) is 0. The first-order valence-electron chi connectivity index (χ1n) is 4.53. The molecule has 13 heavy (non-hydrogen) atoms. The number of aliphatic hydroxyl groups is 1. The highest BCUT2D eigenvalue weighted by atomic mass is 32.2. The maximum absolute atomic E-state index is 10.00.